The van der Waals surface area contributed by atoms with Crippen molar-refractivity contribution in [3.8, 4) is 0 Å². The van der Waals surface area contributed by atoms with Crippen LogP contribution in [0.4, 0.5) is 9.18 Å². The fourth-order valence-electron chi connectivity index (χ4n) is 4.58. The number of fused-ring (bicyclic) bond motifs is 1. The van der Waals surface area contributed by atoms with Crippen molar-refractivity contribution in [2.75, 3.05) is 19.8 Å². The molecule has 2 saturated heterocycles. The van der Waals surface area contributed by atoms with Gasteiger partial charge in [-0.2, -0.15) is 0 Å². The van der Waals surface area contributed by atoms with Crippen LogP contribution in [-0.4, -0.2) is 81.2 Å². The van der Waals surface area contributed by atoms with E-state index in [1.54, 1.807) is 6.08 Å². The summed E-state index contributed by atoms with van der Waals surface area (Å²) in [5, 5.41) is 19.6. The van der Waals surface area contributed by atoms with Crippen LogP contribution < -0.4 is 0 Å². The van der Waals surface area contributed by atoms with Crippen LogP contribution in [0.15, 0.2) is 35.4 Å². The van der Waals surface area contributed by atoms with Crippen molar-refractivity contribution in [2.45, 2.75) is 43.7 Å². The monoisotopic (exact) mass is 454 g/mol. The number of halogens is 1. The SMILES string of the molecule is C=CCOC(=O)N1C[C@@H](SC2=C(C(=O)O)N3C(=O)[C@H]([C@@H](C)O)[C@H]3[C@H]2C)C[C@H]1/C=C/CF. The van der Waals surface area contributed by atoms with E-state index in [0.29, 0.717) is 17.9 Å². The van der Waals surface area contributed by atoms with Crippen molar-refractivity contribution < 1.29 is 33.7 Å². The number of allylic oxidation sites excluding steroid dienone is 1. The molecule has 31 heavy (non-hydrogen) atoms. The number of carboxylic acids is 1. The van der Waals surface area contributed by atoms with Gasteiger partial charge in [-0.3, -0.25) is 4.79 Å². The molecule has 0 aliphatic carbocycles. The number of ether oxygens (including phenoxy) is 1. The van der Waals surface area contributed by atoms with Crippen molar-refractivity contribution >= 4 is 29.7 Å². The zero-order valence-electron chi connectivity index (χ0n) is 17.4. The maximum absolute atomic E-state index is 12.7. The van der Waals surface area contributed by atoms with Gasteiger partial charge in [-0.05, 0) is 13.3 Å². The van der Waals surface area contributed by atoms with Crippen LogP contribution in [0.2, 0.25) is 0 Å². The number of carboxylic acid groups (broad SMARTS) is 1. The predicted octanol–water partition coefficient (Wildman–Crippen LogP) is 2.16. The number of carbonyl (C=O) groups excluding carboxylic acids is 2. The topological polar surface area (TPSA) is 107 Å². The lowest BCUT2D eigenvalue weighted by atomic mass is 9.79. The molecule has 3 heterocycles. The van der Waals surface area contributed by atoms with Gasteiger partial charge in [-0.15, -0.1) is 11.8 Å². The first-order valence-electron chi connectivity index (χ1n) is 10.1. The third-order valence-corrected chi connectivity index (χ3v) is 7.41. The first-order valence-corrected chi connectivity index (χ1v) is 11.0. The molecule has 170 valence electrons. The second-order valence-electron chi connectivity index (χ2n) is 7.92. The largest absolute Gasteiger partial charge is 0.477 e. The highest BCUT2D eigenvalue weighted by Crippen LogP contribution is 2.52. The van der Waals surface area contributed by atoms with Crippen LogP contribution in [0.25, 0.3) is 0 Å². The van der Waals surface area contributed by atoms with Crippen LogP contribution in [0.3, 0.4) is 0 Å². The van der Waals surface area contributed by atoms with Crippen molar-refractivity contribution in [1.29, 1.82) is 0 Å². The quantitative estimate of drug-likeness (QED) is 0.428. The van der Waals surface area contributed by atoms with Gasteiger partial charge < -0.3 is 24.7 Å². The van der Waals surface area contributed by atoms with E-state index in [1.165, 1.54) is 40.6 Å². The molecule has 0 aromatic carbocycles. The Morgan fingerprint density at radius 2 is 2.16 bits per heavy atom. The molecule has 10 heteroatoms. The number of aliphatic hydroxyl groups excluding tert-OH is 1. The average molecular weight is 455 g/mol. The Kier molecular flexibility index (Phi) is 7.10. The molecule has 2 fully saturated rings. The Hall–Kier alpha value is -2.33. The van der Waals surface area contributed by atoms with Gasteiger partial charge in [0.15, 0.2) is 0 Å². The fourth-order valence-corrected chi connectivity index (χ4v) is 6.12. The van der Waals surface area contributed by atoms with Gasteiger partial charge in [0.25, 0.3) is 0 Å². The van der Waals surface area contributed by atoms with Crippen molar-refractivity contribution in [3.63, 3.8) is 0 Å². The van der Waals surface area contributed by atoms with Crippen LogP contribution in [0.1, 0.15) is 20.3 Å². The number of nitrogens with zero attached hydrogens (tertiary/aromatic N) is 2. The molecule has 0 unspecified atom stereocenters. The number of hydrogen-bond acceptors (Lipinski definition) is 6. The molecule has 0 bridgehead atoms. The Labute approximate surface area is 184 Å². The lowest BCUT2D eigenvalue weighted by Crippen LogP contribution is -2.63. The molecule has 0 saturated carbocycles. The molecule has 2 N–H and O–H groups in total. The van der Waals surface area contributed by atoms with Gasteiger partial charge in [0.1, 0.15) is 19.0 Å². The summed E-state index contributed by atoms with van der Waals surface area (Å²) in [5.41, 5.74) is -0.0482. The van der Waals surface area contributed by atoms with E-state index >= 15 is 0 Å². The zero-order chi connectivity index (χ0) is 22.9. The van der Waals surface area contributed by atoms with E-state index in [4.69, 9.17) is 4.74 Å². The summed E-state index contributed by atoms with van der Waals surface area (Å²) in [5.74, 6) is -2.46. The first kappa shape index (κ1) is 23.3. The standard InChI is InChI=1S/C21H27FN2O6S/c1-4-8-30-21(29)23-10-14(9-13(23)6-5-7-22)31-18-11(2)16-15(12(3)25)19(26)24(16)17(18)20(27)28/h4-6,11-16,25H,1,7-10H2,2-3H3,(H,27,28)/b6-5+/t11-,12-,13-,14+,15-,16-/m1/s1. The summed E-state index contributed by atoms with van der Waals surface area (Å²) in [6.07, 6.45) is 3.48. The maximum atomic E-state index is 12.7. The minimum absolute atomic E-state index is 0.0482. The summed E-state index contributed by atoms with van der Waals surface area (Å²) < 4.78 is 17.8. The van der Waals surface area contributed by atoms with Crippen molar-refractivity contribution in [2.24, 2.45) is 11.8 Å². The minimum atomic E-state index is -1.19. The number of aliphatic carboxylic acids is 1. The van der Waals surface area contributed by atoms with Gasteiger partial charge >= 0.3 is 12.1 Å². The Bertz CT molecular complexity index is 829. The second-order valence-corrected chi connectivity index (χ2v) is 9.26. The molecule has 2 amide bonds. The predicted molar refractivity (Wildman–Crippen MR) is 113 cm³/mol. The number of rotatable bonds is 8. The highest BCUT2D eigenvalue weighted by molar-refractivity contribution is 8.03. The lowest BCUT2D eigenvalue weighted by molar-refractivity contribution is -0.163. The van der Waals surface area contributed by atoms with Gasteiger partial charge in [-0.25, -0.2) is 14.0 Å². The smallest absolute Gasteiger partial charge is 0.410 e. The van der Waals surface area contributed by atoms with E-state index < -0.39 is 36.8 Å². The number of amides is 2. The summed E-state index contributed by atoms with van der Waals surface area (Å²) >= 11 is 1.33. The van der Waals surface area contributed by atoms with Gasteiger partial charge in [0.2, 0.25) is 5.91 Å². The molecule has 3 aliphatic rings. The number of thioether (sulfide) groups is 1. The van der Waals surface area contributed by atoms with Crippen molar-refractivity contribution in [3.05, 3.63) is 35.4 Å². The van der Waals surface area contributed by atoms with Crippen molar-refractivity contribution in [1.82, 2.24) is 9.80 Å². The highest BCUT2D eigenvalue weighted by atomic mass is 32.2. The van der Waals surface area contributed by atoms with E-state index in [0.717, 1.165) is 0 Å². The number of likely N-dealkylation sites (tertiary alicyclic amines) is 1. The first-order chi connectivity index (χ1) is 14.7. The molecule has 6 atom stereocenters. The summed E-state index contributed by atoms with van der Waals surface area (Å²) in [6, 6.07) is -0.765. The number of hydrogen-bond donors (Lipinski definition) is 2. The fraction of sp³-hybridized carbons (Fsp3) is 0.571. The molecule has 3 rings (SSSR count). The Morgan fingerprint density at radius 3 is 2.74 bits per heavy atom. The normalized spacial score (nSPS) is 31.1. The number of alkyl halides is 1. The van der Waals surface area contributed by atoms with Gasteiger partial charge in [0, 0.05) is 22.6 Å². The van der Waals surface area contributed by atoms with E-state index in [9.17, 15) is 29.0 Å². The van der Waals surface area contributed by atoms with Gasteiger partial charge in [-0.1, -0.05) is 31.7 Å². The summed E-state index contributed by atoms with van der Waals surface area (Å²) in [6.45, 7) is 6.59. The molecular formula is C21H27FN2O6S. The zero-order valence-corrected chi connectivity index (χ0v) is 18.3. The maximum Gasteiger partial charge on any atom is 0.410 e. The Balaban J connectivity index is 1.81. The number of carbonyl (C=O) groups is 3. The number of β-lactam (4-membered cyclic amide) rings is 1. The molecular weight excluding hydrogens is 427 g/mol. The van der Waals surface area contributed by atoms with Crippen LogP contribution in [0, 0.1) is 11.8 Å². The molecule has 0 aromatic heterocycles. The molecule has 8 nitrogen and oxygen atoms in total. The lowest BCUT2D eigenvalue weighted by Gasteiger charge is -2.46. The molecule has 0 spiro atoms. The van der Waals surface area contributed by atoms with E-state index in [-0.39, 0.29) is 35.4 Å². The third-order valence-electron chi connectivity index (χ3n) is 5.92. The Morgan fingerprint density at radius 1 is 1.45 bits per heavy atom. The summed E-state index contributed by atoms with van der Waals surface area (Å²) in [4.78, 5) is 40.2. The molecule has 0 radical (unpaired) electrons. The molecule has 0 aromatic rings. The number of aliphatic hydroxyl groups is 1. The van der Waals surface area contributed by atoms with Crippen LogP contribution in [0.5, 0.6) is 0 Å². The van der Waals surface area contributed by atoms with Gasteiger partial charge in [0.05, 0.1) is 24.1 Å². The molecule has 3 aliphatic heterocycles. The summed E-state index contributed by atoms with van der Waals surface area (Å²) in [7, 11) is 0. The van der Waals surface area contributed by atoms with E-state index in [2.05, 4.69) is 6.58 Å². The average Bonchev–Trinajstić information content (AvgIpc) is 3.22. The van der Waals surface area contributed by atoms with Crippen LogP contribution >= 0.6 is 11.8 Å². The minimum Gasteiger partial charge on any atom is -0.477 e. The van der Waals surface area contributed by atoms with Crippen LogP contribution in [-0.2, 0) is 14.3 Å². The van der Waals surface area contributed by atoms with E-state index in [1.807, 2.05) is 6.92 Å². The highest BCUT2D eigenvalue weighted by Gasteiger charge is 2.60. The second kappa shape index (κ2) is 9.44. The third kappa shape index (κ3) is 4.23.